The number of carbonyl (C=O) groups is 4. The van der Waals surface area contributed by atoms with E-state index in [0.29, 0.717) is 6.42 Å². The summed E-state index contributed by atoms with van der Waals surface area (Å²) in [4.78, 5) is 47.4. The molecule has 8 nitrogen and oxygen atoms in total. The third kappa shape index (κ3) is 35.0. The van der Waals surface area contributed by atoms with Crippen molar-refractivity contribution in [1.82, 2.24) is 0 Å². The van der Waals surface area contributed by atoms with Gasteiger partial charge >= 0.3 is 23.9 Å². The summed E-state index contributed by atoms with van der Waals surface area (Å²) in [5.41, 5.74) is 0. The zero-order chi connectivity index (χ0) is 34.6. The Morgan fingerprint density at radius 2 is 0.702 bits per heavy atom. The van der Waals surface area contributed by atoms with E-state index < -0.39 is 24.0 Å². The van der Waals surface area contributed by atoms with Gasteiger partial charge in [0.05, 0.1) is 12.8 Å². The lowest BCUT2D eigenvalue weighted by atomic mass is 10.0. The number of carboxylic acid groups (broad SMARTS) is 1. The molecule has 0 aromatic rings. The average Bonchev–Trinajstić information content (AvgIpc) is 3.05. The molecule has 0 aliphatic rings. The number of aliphatic carboxylic acids is 1. The van der Waals surface area contributed by atoms with Gasteiger partial charge in [-0.15, -0.1) is 0 Å². The van der Waals surface area contributed by atoms with Crippen LogP contribution in [-0.2, 0) is 33.4 Å². The molecular formula is C39H72O8. The minimum absolute atomic E-state index is 0.187. The molecule has 0 aliphatic carbocycles. The number of hydrogen-bond donors (Lipinski definition) is 1. The minimum Gasteiger partial charge on any atom is -0.481 e. The van der Waals surface area contributed by atoms with Gasteiger partial charge in [-0.05, 0) is 12.8 Å². The molecule has 0 saturated heterocycles. The van der Waals surface area contributed by atoms with Gasteiger partial charge in [-0.1, -0.05) is 168 Å². The highest BCUT2D eigenvalue weighted by atomic mass is 16.6. The third-order valence-corrected chi connectivity index (χ3v) is 8.67. The van der Waals surface area contributed by atoms with Gasteiger partial charge in [-0.25, -0.2) is 0 Å². The maximum Gasteiger partial charge on any atom is 0.306 e. The van der Waals surface area contributed by atoms with E-state index in [1.165, 1.54) is 128 Å². The fourth-order valence-corrected chi connectivity index (χ4v) is 5.66. The number of esters is 3. The Balaban J connectivity index is 4.14. The Bertz CT molecular complexity index is 753. The van der Waals surface area contributed by atoms with Gasteiger partial charge < -0.3 is 19.3 Å². The topological polar surface area (TPSA) is 116 Å². The highest BCUT2D eigenvalue weighted by Gasteiger charge is 2.20. The molecule has 1 N–H and O–H groups in total. The molecule has 0 aromatic heterocycles. The van der Waals surface area contributed by atoms with Crippen LogP contribution in [0.3, 0.4) is 0 Å². The van der Waals surface area contributed by atoms with Crippen molar-refractivity contribution < 1.29 is 38.5 Å². The van der Waals surface area contributed by atoms with Gasteiger partial charge in [0, 0.05) is 12.8 Å². The molecule has 276 valence electrons. The summed E-state index contributed by atoms with van der Waals surface area (Å²) in [5.74, 6) is -2.55. The molecule has 0 spiro atoms. The van der Waals surface area contributed by atoms with Gasteiger partial charge in [0.1, 0.15) is 13.2 Å². The van der Waals surface area contributed by atoms with Crippen molar-refractivity contribution in [2.75, 3.05) is 13.2 Å². The van der Waals surface area contributed by atoms with Crippen molar-refractivity contribution in [3.8, 4) is 0 Å². The van der Waals surface area contributed by atoms with E-state index in [4.69, 9.17) is 19.3 Å². The lowest BCUT2D eigenvalue weighted by Crippen LogP contribution is -2.31. The highest BCUT2D eigenvalue weighted by molar-refractivity contribution is 5.76. The Hall–Kier alpha value is -2.12. The first-order chi connectivity index (χ1) is 22.9. The van der Waals surface area contributed by atoms with Crippen molar-refractivity contribution in [1.29, 1.82) is 0 Å². The Morgan fingerprint density at radius 1 is 0.404 bits per heavy atom. The van der Waals surface area contributed by atoms with Crippen LogP contribution in [-0.4, -0.2) is 48.3 Å². The van der Waals surface area contributed by atoms with E-state index in [0.717, 1.165) is 38.5 Å². The zero-order valence-corrected chi connectivity index (χ0v) is 30.5. The summed E-state index contributed by atoms with van der Waals surface area (Å²) in [7, 11) is 0. The first-order valence-electron chi connectivity index (χ1n) is 19.6. The minimum atomic E-state index is -1.09. The van der Waals surface area contributed by atoms with E-state index in [1.54, 1.807) is 0 Å². The second-order valence-corrected chi connectivity index (χ2v) is 13.4. The molecule has 0 saturated carbocycles. The number of unbranched alkanes of at least 4 members (excludes halogenated alkanes) is 24. The predicted molar refractivity (Wildman–Crippen MR) is 189 cm³/mol. The summed E-state index contributed by atoms with van der Waals surface area (Å²) >= 11 is 0. The molecule has 0 rings (SSSR count). The van der Waals surface area contributed by atoms with Gasteiger partial charge in [0.15, 0.2) is 6.10 Å². The maximum atomic E-state index is 12.5. The van der Waals surface area contributed by atoms with Crippen LogP contribution in [0.25, 0.3) is 0 Å². The summed E-state index contributed by atoms with van der Waals surface area (Å²) in [5, 5.41) is 8.78. The Labute approximate surface area is 287 Å². The van der Waals surface area contributed by atoms with Crippen molar-refractivity contribution in [2.24, 2.45) is 0 Å². The van der Waals surface area contributed by atoms with Gasteiger partial charge in [0.2, 0.25) is 0 Å². The van der Waals surface area contributed by atoms with Crippen LogP contribution in [0.4, 0.5) is 0 Å². The van der Waals surface area contributed by atoms with E-state index in [-0.39, 0.29) is 38.4 Å². The molecule has 1 atom stereocenters. The second-order valence-electron chi connectivity index (χ2n) is 13.4. The number of carboxylic acids is 1. The summed E-state index contributed by atoms with van der Waals surface area (Å²) < 4.78 is 16.0. The maximum absolute atomic E-state index is 12.5. The van der Waals surface area contributed by atoms with Crippen LogP contribution in [0, 0.1) is 0 Å². The van der Waals surface area contributed by atoms with Crippen LogP contribution in [0.1, 0.15) is 206 Å². The summed E-state index contributed by atoms with van der Waals surface area (Å²) in [6.45, 7) is 4.03. The zero-order valence-electron chi connectivity index (χ0n) is 30.5. The number of hydrogen-bond acceptors (Lipinski definition) is 7. The standard InChI is InChI=1S/C39H72O8/c1-3-5-7-9-11-13-15-17-18-20-22-24-26-28-30-39(44)47-35(34-46-38(43)32-31-36(40)41)33-45-37(42)29-27-25-23-21-19-16-14-12-10-8-6-4-2/h35H,3-34H2,1-2H3,(H,40,41)/t35-/m1/s1. The fourth-order valence-electron chi connectivity index (χ4n) is 5.66. The SMILES string of the molecule is CCCCCCCCCCCCCCCCC(=O)O[C@H](COC(=O)CCCCCCCCCCCCCC)COC(=O)CCC(=O)O. The fraction of sp³-hybridized carbons (Fsp3) is 0.897. The number of carbonyl (C=O) groups excluding carboxylic acids is 3. The van der Waals surface area contributed by atoms with E-state index in [2.05, 4.69) is 13.8 Å². The molecule has 0 aliphatic heterocycles. The van der Waals surface area contributed by atoms with Crippen molar-refractivity contribution >= 4 is 23.9 Å². The Morgan fingerprint density at radius 3 is 1.04 bits per heavy atom. The lowest BCUT2D eigenvalue weighted by molar-refractivity contribution is -0.167. The molecule has 0 amide bonds. The van der Waals surface area contributed by atoms with Gasteiger partial charge in [0.25, 0.3) is 0 Å². The third-order valence-electron chi connectivity index (χ3n) is 8.67. The largest absolute Gasteiger partial charge is 0.481 e. The Kier molecular flexibility index (Phi) is 33.6. The van der Waals surface area contributed by atoms with Crippen LogP contribution >= 0.6 is 0 Å². The van der Waals surface area contributed by atoms with Crippen LogP contribution in [0.5, 0.6) is 0 Å². The van der Waals surface area contributed by atoms with Crippen molar-refractivity contribution in [3.05, 3.63) is 0 Å². The van der Waals surface area contributed by atoms with Crippen LogP contribution < -0.4 is 0 Å². The smallest absolute Gasteiger partial charge is 0.306 e. The number of ether oxygens (including phenoxy) is 3. The molecule has 0 bridgehead atoms. The van der Waals surface area contributed by atoms with Crippen LogP contribution in [0.15, 0.2) is 0 Å². The molecule has 47 heavy (non-hydrogen) atoms. The lowest BCUT2D eigenvalue weighted by Gasteiger charge is -2.18. The molecule has 0 radical (unpaired) electrons. The average molecular weight is 669 g/mol. The molecule has 0 heterocycles. The second kappa shape index (κ2) is 35.2. The molecule has 0 aromatic carbocycles. The van der Waals surface area contributed by atoms with E-state index in [9.17, 15) is 19.2 Å². The summed E-state index contributed by atoms with van der Waals surface area (Å²) in [6.07, 6.45) is 30.8. The van der Waals surface area contributed by atoms with E-state index in [1.807, 2.05) is 0 Å². The monoisotopic (exact) mass is 669 g/mol. The van der Waals surface area contributed by atoms with Gasteiger partial charge in [-0.2, -0.15) is 0 Å². The van der Waals surface area contributed by atoms with Gasteiger partial charge in [-0.3, -0.25) is 19.2 Å². The number of rotatable bonds is 36. The first kappa shape index (κ1) is 44.9. The van der Waals surface area contributed by atoms with Crippen molar-refractivity contribution in [2.45, 2.75) is 213 Å². The highest BCUT2D eigenvalue weighted by Crippen LogP contribution is 2.15. The summed E-state index contributed by atoms with van der Waals surface area (Å²) in [6, 6.07) is 0. The predicted octanol–water partition coefficient (Wildman–Crippen LogP) is 10.8. The van der Waals surface area contributed by atoms with Crippen molar-refractivity contribution in [3.63, 3.8) is 0 Å². The molecule has 8 heteroatoms. The first-order valence-corrected chi connectivity index (χ1v) is 19.6. The molecular weight excluding hydrogens is 596 g/mol. The molecule has 0 unspecified atom stereocenters. The van der Waals surface area contributed by atoms with Crippen LogP contribution in [0.2, 0.25) is 0 Å². The van der Waals surface area contributed by atoms with E-state index >= 15 is 0 Å². The normalized spacial score (nSPS) is 11.7. The quantitative estimate of drug-likeness (QED) is 0.0398. The molecule has 0 fully saturated rings.